The van der Waals surface area contributed by atoms with Crippen LogP contribution in [0.4, 0.5) is 0 Å². The van der Waals surface area contributed by atoms with Gasteiger partial charge in [0.15, 0.2) is 0 Å². The third kappa shape index (κ3) is 3.85. The van der Waals surface area contributed by atoms with Gasteiger partial charge in [-0.25, -0.2) is 0 Å². The number of ether oxygens (including phenoxy) is 1. The van der Waals surface area contributed by atoms with Gasteiger partial charge in [-0.15, -0.1) is 12.4 Å². The number of hydrogen-bond acceptors (Lipinski definition) is 3. The molecule has 1 heterocycles. The lowest BCUT2D eigenvalue weighted by atomic mass is 9.90. The summed E-state index contributed by atoms with van der Waals surface area (Å²) in [6.45, 7) is 5.14. The van der Waals surface area contributed by atoms with Crippen molar-refractivity contribution in [3.05, 3.63) is 29.8 Å². The molecule has 0 amide bonds. The number of rotatable bonds is 4. The second-order valence-corrected chi connectivity index (χ2v) is 5.20. The summed E-state index contributed by atoms with van der Waals surface area (Å²) in [4.78, 5) is 2.51. The molecule has 3 nitrogen and oxygen atoms in total. The van der Waals surface area contributed by atoms with Gasteiger partial charge >= 0.3 is 0 Å². The van der Waals surface area contributed by atoms with E-state index in [1.807, 2.05) is 12.1 Å². The van der Waals surface area contributed by atoms with Crippen molar-refractivity contribution in [3.63, 3.8) is 0 Å². The van der Waals surface area contributed by atoms with Crippen molar-refractivity contribution in [2.24, 2.45) is 11.7 Å². The maximum Gasteiger partial charge on any atom is 0.123 e. The van der Waals surface area contributed by atoms with Crippen molar-refractivity contribution >= 4 is 12.4 Å². The van der Waals surface area contributed by atoms with Crippen molar-refractivity contribution in [3.8, 4) is 5.75 Å². The van der Waals surface area contributed by atoms with Crippen LogP contribution in [0.3, 0.4) is 0 Å². The molecule has 1 aromatic carbocycles. The minimum atomic E-state index is 0. The third-order valence-electron chi connectivity index (χ3n) is 4.04. The Morgan fingerprint density at radius 1 is 1.37 bits per heavy atom. The van der Waals surface area contributed by atoms with Crippen molar-refractivity contribution in [2.75, 3.05) is 20.2 Å². The Balaban J connectivity index is 0.00000180. The fraction of sp³-hybridized carbons (Fsp3) is 0.600. The van der Waals surface area contributed by atoms with Crippen LogP contribution in [0.25, 0.3) is 0 Å². The summed E-state index contributed by atoms with van der Waals surface area (Å²) in [6, 6.07) is 8.76. The molecule has 2 unspecified atom stereocenters. The summed E-state index contributed by atoms with van der Waals surface area (Å²) >= 11 is 0. The predicted octanol–water partition coefficient (Wildman–Crippen LogP) is 2.68. The van der Waals surface area contributed by atoms with Crippen LogP contribution < -0.4 is 10.5 Å². The van der Waals surface area contributed by atoms with Gasteiger partial charge in [0.1, 0.15) is 5.75 Å². The summed E-state index contributed by atoms with van der Waals surface area (Å²) < 4.78 is 5.42. The number of benzene rings is 1. The molecule has 1 aliphatic heterocycles. The number of nitrogens with zero attached hydrogens (tertiary/aromatic N) is 1. The Kier molecular flexibility index (Phi) is 6.63. The minimum Gasteiger partial charge on any atom is -0.496 e. The molecular weight excluding hydrogens is 260 g/mol. The van der Waals surface area contributed by atoms with E-state index >= 15 is 0 Å². The summed E-state index contributed by atoms with van der Waals surface area (Å²) in [5.41, 5.74) is 7.19. The van der Waals surface area contributed by atoms with E-state index in [0.717, 1.165) is 25.4 Å². The van der Waals surface area contributed by atoms with Gasteiger partial charge < -0.3 is 10.5 Å². The zero-order chi connectivity index (χ0) is 13.0. The number of methoxy groups -OCH3 is 1. The lowest BCUT2D eigenvalue weighted by Crippen LogP contribution is -2.48. The number of nitrogens with two attached hydrogens (primary N) is 1. The summed E-state index contributed by atoms with van der Waals surface area (Å²) in [5.74, 6) is 1.67. The molecule has 0 radical (unpaired) electrons. The number of hydrogen-bond donors (Lipinski definition) is 1. The molecule has 108 valence electrons. The minimum absolute atomic E-state index is 0. The van der Waals surface area contributed by atoms with Gasteiger partial charge in [0.05, 0.1) is 7.11 Å². The van der Waals surface area contributed by atoms with Crippen molar-refractivity contribution in [2.45, 2.75) is 32.4 Å². The van der Waals surface area contributed by atoms with E-state index in [2.05, 4.69) is 24.0 Å². The van der Waals surface area contributed by atoms with Crippen LogP contribution in [0, 0.1) is 5.92 Å². The number of halogens is 1. The predicted molar refractivity (Wildman–Crippen MR) is 81.9 cm³/mol. The molecule has 2 atom stereocenters. The van der Waals surface area contributed by atoms with Crippen molar-refractivity contribution in [1.82, 2.24) is 4.90 Å². The summed E-state index contributed by atoms with van der Waals surface area (Å²) in [7, 11) is 1.73. The van der Waals surface area contributed by atoms with E-state index in [1.54, 1.807) is 7.11 Å². The zero-order valence-corrected chi connectivity index (χ0v) is 12.7. The van der Waals surface area contributed by atoms with Gasteiger partial charge in [-0.3, -0.25) is 4.90 Å². The summed E-state index contributed by atoms with van der Waals surface area (Å²) in [5, 5.41) is 0. The average molecular weight is 285 g/mol. The highest BCUT2D eigenvalue weighted by Gasteiger charge is 2.27. The molecule has 19 heavy (non-hydrogen) atoms. The Labute approximate surface area is 122 Å². The Morgan fingerprint density at radius 2 is 2.11 bits per heavy atom. The first-order valence-corrected chi connectivity index (χ1v) is 6.82. The van der Waals surface area contributed by atoms with Crippen LogP contribution in [-0.2, 0) is 6.54 Å². The van der Waals surface area contributed by atoms with E-state index in [4.69, 9.17) is 10.5 Å². The molecule has 4 heteroatoms. The van der Waals surface area contributed by atoms with Crippen LogP contribution in [-0.4, -0.2) is 31.1 Å². The van der Waals surface area contributed by atoms with E-state index in [1.165, 1.54) is 18.4 Å². The first kappa shape index (κ1) is 16.3. The molecular formula is C15H25ClN2O. The molecule has 0 bridgehead atoms. The largest absolute Gasteiger partial charge is 0.496 e. The summed E-state index contributed by atoms with van der Waals surface area (Å²) in [6.07, 6.45) is 2.57. The standard InChI is InChI=1S/C15H24N2O.ClH/c1-12-6-5-9-17(14(12)10-16)11-13-7-3-4-8-15(13)18-2;/h3-4,7-8,12,14H,5-6,9-11,16H2,1-2H3;1H. The molecule has 1 saturated heterocycles. The zero-order valence-electron chi connectivity index (χ0n) is 11.8. The second kappa shape index (κ2) is 7.73. The third-order valence-corrected chi connectivity index (χ3v) is 4.04. The normalized spacial score (nSPS) is 23.7. The molecule has 0 aliphatic carbocycles. The quantitative estimate of drug-likeness (QED) is 0.924. The fourth-order valence-electron chi connectivity index (χ4n) is 2.96. The SMILES string of the molecule is COc1ccccc1CN1CCCC(C)C1CN.Cl. The van der Waals surface area contributed by atoms with E-state index in [-0.39, 0.29) is 12.4 Å². The Morgan fingerprint density at radius 3 is 2.79 bits per heavy atom. The average Bonchev–Trinajstić information content (AvgIpc) is 2.40. The van der Waals surface area contributed by atoms with Gasteiger partial charge in [0.2, 0.25) is 0 Å². The Bertz CT molecular complexity index is 386. The Hall–Kier alpha value is -0.770. The highest BCUT2D eigenvalue weighted by atomic mass is 35.5. The molecule has 0 spiro atoms. The van der Waals surface area contributed by atoms with Crippen LogP contribution in [0.15, 0.2) is 24.3 Å². The van der Waals surface area contributed by atoms with Crippen LogP contribution in [0.2, 0.25) is 0 Å². The van der Waals surface area contributed by atoms with E-state index in [9.17, 15) is 0 Å². The number of likely N-dealkylation sites (tertiary alicyclic amines) is 1. The molecule has 1 aliphatic rings. The van der Waals surface area contributed by atoms with Gasteiger partial charge in [-0.2, -0.15) is 0 Å². The van der Waals surface area contributed by atoms with Gasteiger partial charge in [-0.05, 0) is 31.4 Å². The first-order valence-electron chi connectivity index (χ1n) is 6.82. The molecule has 0 saturated carbocycles. The van der Waals surface area contributed by atoms with Gasteiger partial charge in [-0.1, -0.05) is 25.1 Å². The maximum absolute atomic E-state index is 5.94. The van der Waals surface area contributed by atoms with Crippen LogP contribution >= 0.6 is 12.4 Å². The monoisotopic (exact) mass is 284 g/mol. The van der Waals surface area contributed by atoms with Crippen molar-refractivity contribution < 1.29 is 4.74 Å². The fourth-order valence-corrected chi connectivity index (χ4v) is 2.96. The van der Waals surface area contributed by atoms with Gasteiger partial charge in [0, 0.05) is 24.7 Å². The second-order valence-electron chi connectivity index (χ2n) is 5.20. The molecule has 2 rings (SSSR count). The van der Waals surface area contributed by atoms with Gasteiger partial charge in [0.25, 0.3) is 0 Å². The number of piperidine rings is 1. The highest BCUT2D eigenvalue weighted by Crippen LogP contribution is 2.27. The molecule has 1 fully saturated rings. The van der Waals surface area contributed by atoms with E-state index in [0.29, 0.717) is 12.0 Å². The van der Waals surface area contributed by atoms with Crippen LogP contribution in [0.5, 0.6) is 5.75 Å². The lowest BCUT2D eigenvalue weighted by Gasteiger charge is -2.39. The highest BCUT2D eigenvalue weighted by molar-refractivity contribution is 5.85. The van der Waals surface area contributed by atoms with E-state index < -0.39 is 0 Å². The number of para-hydroxylation sites is 1. The van der Waals surface area contributed by atoms with Crippen molar-refractivity contribution in [1.29, 1.82) is 0 Å². The maximum atomic E-state index is 5.94. The topological polar surface area (TPSA) is 38.5 Å². The molecule has 1 aromatic rings. The molecule has 0 aromatic heterocycles. The van der Waals surface area contributed by atoms with Crippen LogP contribution in [0.1, 0.15) is 25.3 Å². The first-order chi connectivity index (χ1) is 8.76. The lowest BCUT2D eigenvalue weighted by molar-refractivity contribution is 0.0982. The molecule has 2 N–H and O–H groups in total. The smallest absolute Gasteiger partial charge is 0.123 e.